The number of esters is 1. The van der Waals surface area contributed by atoms with Crippen LogP contribution in [0.3, 0.4) is 0 Å². The molecule has 0 saturated heterocycles. The van der Waals surface area contributed by atoms with Gasteiger partial charge in [0.25, 0.3) is 0 Å². The fourth-order valence-corrected chi connectivity index (χ4v) is 4.47. The maximum atomic E-state index is 12.6. The van der Waals surface area contributed by atoms with E-state index in [-0.39, 0.29) is 4.90 Å². The topological polar surface area (TPSA) is 124 Å². The Balaban J connectivity index is 2.09. The van der Waals surface area contributed by atoms with Crippen molar-refractivity contribution in [2.45, 2.75) is 51.3 Å². The Labute approximate surface area is 188 Å². The molecule has 1 aromatic heterocycles. The number of aliphatic hydroxyl groups excluding tert-OH is 1. The summed E-state index contributed by atoms with van der Waals surface area (Å²) in [6.07, 6.45) is -1.38. The maximum absolute atomic E-state index is 12.6. The molecular formula is C22H30N2O7S. The second-order valence-electron chi connectivity index (χ2n) is 7.61. The molecule has 1 aromatic carbocycles. The molecule has 2 aromatic rings. The van der Waals surface area contributed by atoms with Crippen molar-refractivity contribution in [1.29, 1.82) is 0 Å². The highest BCUT2D eigenvalue weighted by Crippen LogP contribution is 2.16. The van der Waals surface area contributed by atoms with E-state index in [4.69, 9.17) is 9.47 Å². The first-order valence-corrected chi connectivity index (χ1v) is 11.6. The molecule has 176 valence electrons. The van der Waals surface area contributed by atoms with Crippen LogP contribution in [0, 0.1) is 20.8 Å². The van der Waals surface area contributed by atoms with E-state index in [0.29, 0.717) is 24.4 Å². The minimum atomic E-state index is -4.09. The number of hydrogen-bond acceptors (Lipinski definition) is 7. The lowest BCUT2D eigenvalue weighted by molar-refractivity contribution is -0.147. The van der Waals surface area contributed by atoms with Crippen molar-refractivity contribution < 1.29 is 32.6 Å². The van der Waals surface area contributed by atoms with Crippen molar-refractivity contribution >= 4 is 21.8 Å². The lowest BCUT2D eigenvalue weighted by Gasteiger charge is -2.20. The van der Waals surface area contributed by atoms with Crippen molar-refractivity contribution in [3.63, 3.8) is 0 Å². The van der Waals surface area contributed by atoms with Crippen LogP contribution in [-0.2, 0) is 30.8 Å². The molecule has 0 spiro atoms. The fraction of sp³-hybridized carbons (Fsp3) is 0.455. The number of sulfonamides is 1. The van der Waals surface area contributed by atoms with Crippen molar-refractivity contribution in [3.05, 3.63) is 52.8 Å². The largest absolute Gasteiger partial charge is 0.456 e. The molecule has 0 aliphatic carbocycles. The van der Waals surface area contributed by atoms with Gasteiger partial charge in [0.05, 0.1) is 17.6 Å². The summed E-state index contributed by atoms with van der Waals surface area (Å²) >= 11 is 0. The van der Waals surface area contributed by atoms with Crippen molar-refractivity contribution in [2.75, 3.05) is 20.3 Å². The number of hydrogen-bond donors (Lipinski definition) is 2. The molecule has 0 aliphatic heterocycles. The van der Waals surface area contributed by atoms with Crippen LogP contribution in [0.25, 0.3) is 0 Å². The lowest BCUT2D eigenvalue weighted by Crippen LogP contribution is -2.48. The number of aryl methyl sites for hydroxylation is 2. The van der Waals surface area contributed by atoms with E-state index in [1.54, 1.807) is 32.2 Å². The highest BCUT2D eigenvalue weighted by atomic mass is 32.2. The zero-order valence-electron chi connectivity index (χ0n) is 18.9. The number of ether oxygens (including phenoxy) is 2. The first-order chi connectivity index (χ1) is 15.0. The number of ketones is 1. The van der Waals surface area contributed by atoms with E-state index >= 15 is 0 Å². The summed E-state index contributed by atoms with van der Waals surface area (Å²) in [5.41, 5.74) is 2.85. The van der Waals surface area contributed by atoms with Gasteiger partial charge in [-0.05, 0) is 45.9 Å². The molecule has 32 heavy (non-hydrogen) atoms. The van der Waals surface area contributed by atoms with Gasteiger partial charge in [-0.25, -0.2) is 8.42 Å². The van der Waals surface area contributed by atoms with Crippen LogP contribution in [0.2, 0.25) is 0 Å². The second-order valence-corrected chi connectivity index (χ2v) is 9.33. The van der Waals surface area contributed by atoms with Crippen molar-refractivity contribution in [3.8, 4) is 0 Å². The quantitative estimate of drug-likeness (QED) is 0.380. The summed E-state index contributed by atoms with van der Waals surface area (Å²) in [6, 6.07) is 6.16. The fourth-order valence-electron chi connectivity index (χ4n) is 3.21. The molecule has 1 heterocycles. The molecular weight excluding hydrogens is 436 g/mol. The molecule has 2 rings (SSSR count). The first kappa shape index (κ1) is 25.7. The van der Waals surface area contributed by atoms with Gasteiger partial charge in [0, 0.05) is 30.6 Å². The SMILES string of the molecule is COCCn1c(C)cc(C(=O)COC(=O)[C@H](NS(=O)(=O)c2ccc(C)cc2)[C@@H](C)O)c1C. The number of carbonyl (C=O) groups is 2. The van der Waals surface area contributed by atoms with Crippen molar-refractivity contribution in [2.24, 2.45) is 0 Å². The monoisotopic (exact) mass is 466 g/mol. The molecule has 2 atom stereocenters. The van der Waals surface area contributed by atoms with E-state index in [9.17, 15) is 23.1 Å². The third-order valence-electron chi connectivity index (χ3n) is 5.09. The van der Waals surface area contributed by atoms with Gasteiger partial charge in [-0.3, -0.25) is 9.59 Å². The second kappa shape index (κ2) is 10.9. The Morgan fingerprint density at radius 3 is 2.34 bits per heavy atom. The van der Waals surface area contributed by atoms with Gasteiger partial charge in [-0.2, -0.15) is 4.72 Å². The minimum absolute atomic E-state index is 0.0545. The molecule has 0 amide bonds. The van der Waals surface area contributed by atoms with Gasteiger partial charge in [0.1, 0.15) is 6.04 Å². The van der Waals surface area contributed by atoms with E-state index in [1.165, 1.54) is 19.1 Å². The van der Waals surface area contributed by atoms with Gasteiger partial charge in [0.2, 0.25) is 15.8 Å². The zero-order chi connectivity index (χ0) is 24.1. The van der Waals surface area contributed by atoms with Crippen LogP contribution in [0.5, 0.6) is 0 Å². The number of carbonyl (C=O) groups excluding carboxylic acids is 2. The van der Waals surface area contributed by atoms with E-state index < -0.39 is 40.5 Å². The Morgan fingerprint density at radius 2 is 1.78 bits per heavy atom. The third kappa shape index (κ3) is 6.26. The van der Waals surface area contributed by atoms with Crippen LogP contribution in [0.1, 0.15) is 34.2 Å². The number of aromatic nitrogens is 1. The summed E-state index contributed by atoms with van der Waals surface area (Å²) in [4.78, 5) is 25.1. The molecule has 0 saturated carbocycles. The average molecular weight is 467 g/mol. The summed E-state index contributed by atoms with van der Waals surface area (Å²) in [7, 11) is -2.50. The average Bonchev–Trinajstić information content (AvgIpc) is 3.02. The highest BCUT2D eigenvalue weighted by molar-refractivity contribution is 7.89. The normalized spacial score (nSPS) is 13.6. The smallest absolute Gasteiger partial charge is 0.327 e. The van der Waals surface area contributed by atoms with Gasteiger partial charge >= 0.3 is 5.97 Å². The number of aliphatic hydroxyl groups is 1. The van der Waals surface area contributed by atoms with Gasteiger partial charge < -0.3 is 19.1 Å². The minimum Gasteiger partial charge on any atom is -0.456 e. The van der Waals surface area contributed by atoms with Gasteiger partial charge in [-0.15, -0.1) is 0 Å². The Kier molecular flexibility index (Phi) is 8.73. The van der Waals surface area contributed by atoms with Crippen LogP contribution in [0.15, 0.2) is 35.2 Å². The van der Waals surface area contributed by atoms with Crippen molar-refractivity contribution in [1.82, 2.24) is 9.29 Å². The number of rotatable bonds is 11. The standard InChI is InChI=1S/C22H30N2O7S/c1-14-6-8-18(9-7-14)32(28,29)23-21(17(4)25)22(27)31-13-20(26)19-12-15(2)24(16(19)3)10-11-30-5/h6-9,12,17,21,23,25H,10-11,13H2,1-5H3/t17-,21-/m1/s1. The van der Waals surface area contributed by atoms with Crippen LogP contribution < -0.4 is 4.72 Å². The van der Waals surface area contributed by atoms with Crippen LogP contribution >= 0.6 is 0 Å². The predicted molar refractivity (Wildman–Crippen MR) is 118 cm³/mol. The van der Waals surface area contributed by atoms with Gasteiger partial charge in [-0.1, -0.05) is 17.7 Å². The zero-order valence-corrected chi connectivity index (χ0v) is 19.7. The lowest BCUT2D eigenvalue weighted by atomic mass is 10.1. The molecule has 0 bridgehead atoms. The summed E-state index contributed by atoms with van der Waals surface area (Å²) in [5.74, 6) is -1.47. The third-order valence-corrected chi connectivity index (χ3v) is 6.55. The van der Waals surface area contributed by atoms with Crippen LogP contribution in [-0.4, -0.2) is 62.3 Å². The van der Waals surface area contributed by atoms with Gasteiger partial charge in [0.15, 0.2) is 6.61 Å². The molecule has 9 nitrogen and oxygen atoms in total. The molecule has 10 heteroatoms. The number of methoxy groups -OCH3 is 1. The summed E-state index contributed by atoms with van der Waals surface area (Å²) < 4.78 is 39.4. The number of benzene rings is 1. The summed E-state index contributed by atoms with van der Waals surface area (Å²) in [6.45, 7) is 7.19. The number of nitrogens with zero attached hydrogens (tertiary/aromatic N) is 1. The molecule has 2 N–H and O–H groups in total. The summed E-state index contributed by atoms with van der Waals surface area (Å²) in [5, 5.41) is 9.96. The molecule has 0 fully saturated rings. The van der Waals surface area contributed by atoms with Crippen LogP contribution in [0.4, 0.5) is 0 Å². The van der Waals surface area contributed by atoms with E-state index in [1.807, 2.05) is 18.4 Å². The maximum Gasteiger partial charge on any atom is 0.327 e. The highest BCUT2D eigenvalue weighted by Gasteiger charge is 2.31. The van der Waals surface area contributed by atoms with E-state index in [0.717, 1.165) is 11.3 Å². The Bertz CT molecular complexity index is 1060. The number of nitrogens with one attached hydrogen (secondary N) is 1. The Hall–Kier alpha value is -2.53. The molecule has 0 unspecified atom stereocenters. The Morgan fingerprint density at radius 1 is 1.16 bits per heavy atom. The van der Waals surface area contributed by atoms with E-state index in [2.05, 4.69) is 4.72 Å². The predicted octanol–water partition coefficient (Wildman–Crippen LogP) is 1.51. The molecule has 0 radical (unpaired) electrons. The molecule has 0 aliphatic rings. The number of Topliss-reactive ketones (excluding diaryl/α,β-unsaturated/α-hetero) is 1. The first-order valence-electron chi connectivity index (χ1n) is 10.1.